The minimum atomic E-state index is -0.970. The average molecular weight is 581 g/mol. The molecule has 0 spiro atoms. The van der Waals surface area contributed by atoms with Crippen molar-refractivity contribution in [2.75, 3.05) is 40.8 Å². The van der Waals surface area contributed by atoms with Crippen LogP contribution in [0.15, 0.2) is 36.4 Å². The minimum absolute atomic E-state index is 0.0138. The van der Waals surface area contributed by atoms with E-state index in [1.54, 1.807) is 37.4 Å². The highest BCUT2D eigenvalue weighted by molar-refractivity contribution is 5.93. The highest BCUT2D eigenvalue weighted by Crippen LogP contribution is 2.31. The number of aromatic hydroxyl groups is 2. The molecule has 11 nitrogen and oxygen atoms in total. The van der Waals surface area contributed by atoms with Crippen molar-refractivity contribution < 1.29 is 24.6 Å². The third kappa shape index (κ3) is 7.99. The molecule has 2 aliphatic heterocycles. The number of fused-ring (bicyclic) bond motifs is 5. The first kappa shape index (κ1) is 31.3. The van der Waals surface area contributed by atoms with E-state index < -0.39 is 24.0 Å². The van der Waals surface area contributed by atoms with Crippen molar-refractivity contribution in [3.8, 4) is 22.6 Å². The van der Waals surface area contributed by atoms with Gasteiger partial charge in [0.25, 0.3) is 0 Å². The number of rotatable bonds is 7. The van der Waals surface area contributed by atoms with Gasteiger partial charge in [0.15, 0.2) is 0 Å². The highest BCUT2D eigenvalue weighted by Gasteiger charge is 2.31. The molecule has 42 heavy (non-hydrogen) atoms. The average Bonchev–Trinajstić information content (AvgIpc) is 2.97. The van der Waals surface area contributed by atoms with Gasteiger partial charge in [-0.05, 0) is 113 Å². The maximum atomic E-state index is 13.7. The van der Waals surface area contributed by atoms with Gasteiger partial charge in [-0.25, -0.2) is 0 Å². The zero-order valence-electron chi connectivity index (χ0n) is 24.7. The first-order valence-electron chi connectivity index (χ1n) is 14.7. The van der Waals surface area contributed by atoms with Gasteiger partial charge in [0.05, 0.1) is 6.04 Å². The van der Waals surface area contributed by atoms with Gasteiger partial charge in [-0.1, -0.05) is 12.1 Å². The van der Waals surface area contributed by atoms with E-state index in [-0.39, 0.29) is 42.2 Å². The molecule has 2 aliphatic rings. The van der Waals surface area contributed by atoms with Crippen LogP contribution in [0.3, 0.4) is 0 Å². The van der Waals surface area contributed by atoms with Gasteiger partial charge in [0, 0.05) is 18.9 Å². The van der Waals surface area contributed by atoms with E-state index in [9.17, 15) is 24.6 Å². The molecular weight excluding hydrogens is 536 g/mol. The Morgan fingerprint density at radius 3 is 2.14 bits per heavy atom. The van der Waals surface area contributed by atoms with Crippen LogP contribution in [0.1, 0.15) is 36.8 Å². The molecule has 3 atom stereocenters. The van der Waals surface area contributed by atoms with Crippen molar-refractivity contribution in [1.82, 2.24) is 31.5 Å². The van der Waals surface area contributed by atoms with Crippen molar-refractivity contribution in [2.45, 2.75) is 62.7 Å². The molecule has 4 rings (SSSR count). The summed E-state index contributed by atoms with van der Waals surface area (Å²) in [7, 11) is 5.52. The summed E-state index contributed by atoms with van der Waals surface area (Å²) >= 11 is 0. The Kier molecular flexibility index (Phi) is 10.8. The fraction of sp³-hybridized carbons (Fsp3) is 0.516. The highest BCUT2D eigenvalue weighted by atomic mass is 16.3. The normalized spacial score (nSPS) is 22.4. The number of nitrogens with zero attached hydrogens (tertiary/aromatic N) is 1. The molecule has 7 N–H and O–H groups in total. The Labute approximate surface area is 247 Å². The number of hydrogen-bond acceptors (Lipinski definition) is 8. The summed E-state index contributed by atoms with van der Waals surface area (Å²) in [5, 5.41) is 36.3. The molecule has 4 bridgehead atoms. The van der Waals surface area contributed by atoms with E-state index in [2.05, 4.69) is 31.5 Å². The molecule has 0 unspecified atom stereocenters. The molecule has 0 aliphatic carbocycles. The van der Waals surface area contributed by atoms with E-state index in [0.29, 0.717) is 30.5 Å². The van der Waals surface area contributed by atoms with Crippen molar-refractivity contribution in [3.63, 3.8) is 0 Å². The lowest BCUT2D eigenvalue weighted by Crippen LogP contribution is -2.58. The maximum absolute atomic E-state index is 13.7. The summed E-state index contributed by atoms with van der Waals surface area (Å²) in [4.78, 5) is 43.0. The fourth-order valence-corrected chi connectivity index (χ4v) is 5.58. The zero-order valence-corrected chi connectivity index (χ0v) is 24.7. The monoisotopic (exact) mass is 580 g/mol. The summed E-state index contributed by atoms with van der Waals surface area (Å²) in [6.07, 6.45) is 2.85. The van der Waals surface area contributed by atoms with Crippen molar-refractivity contribution in [3.05, 3.63) is 47.5 Å². The van der Waals surface area contributed by atoms with E-state index >= 15 is 0 Å². The second-order valence-corrected chi connectivity index (χ2v) is 11.4. The Hall–Kier alpha value is -3.67. The smallest absolute Gasteiger partial charge is 0.243 e. The molecule has 11 heteroatoms. The molecule has 228 valence electrons. The molecular formula is C31H44N6O5. The van der Waals surface area contributed by atoms with Gasteiger partial charge in [0.2, 0.25) is 17.7 Å². The van der Waals surface area contributed by atoms with Crippen molar-refractivity contribution in [2.24, 2.45) is 0 Å². The predicted octanol–water partition coefficient (Wildman–Crippen LogP) is 0.631. The Morgan fingerprint density at radius 2 is 1.55 bits per heavy atom. The number of phenols is 2. The number of phenolic OH excluding ortho intramolecular Hbond substituents is 2. The predicted molar refractivity (Wildman–Crippen MR) is 161 cm³/mol. The molecule has 3 amide bonds. The first-order valence-corrected chi connectivity index (χ1v) is 14.7. The SMILES string of the molecule is CNCCC[C@@H]1NC(=O)[C@@H](NC)Cc2cc(ccc2O)-c2ccc(O)c(c2)C[C@@H](C(=O)NC2CCN(C)CC2)NC1=O. The summed E-state index contributed by atoms with van der Waals surface area (Å²) in [6.45, 7) is 2.38. The number of likely N-dealkylation sites (N-methyl/N-ethyl adjacent to an activating group) is 1. The largest absolute Gasteiger partial charge is 0.508 e. The van der Waals surface area contributed by atoms with E-state index in [1.165, 1.54) is 0 Å². The van der Waals surface area contributed by atoms with E-state index in [1.807, 2.05) is 20.2 Å². The van der Waals surface area contributed by atoms with Gasteiger partial charge >= 0.3 is 0 Å². The van der Waals surface area contributed by atoms with E-state index in [0.717, 1.165) is 37.1 Å². The van der Waals surface area contributed by atoms with Crippen LogP contribution >= 0.6 is 0 Å². The molecule has 0 aromatic heterocycles. The Morgan fingerprint density at radius 1 is 0.929 bits per heavy atom. The lowest BCUT2D eigenvalue weighted by molar-refractivity contribution is -0.133. The zero-order chi connectivity index (χ0) is 30.2. The van der Waals surface area contributed by atoms with Crippen LogP contribution in [0.4, 0.5) is 0 Å². The summed E-state index contributed by atoms with van der Waals surface area (Å²) in [6, 6.07) is 7.74. The second kappa shape index (κ2) is 14.5. The van der Waals surface area contributed by atoms with Gasteiger partial charge in [-0.15, -0.1) is 0 Å². The molecule has 2 heterocycles. The third-order valence-corrected chi connectivity index (χ3v) is 8.26. The van der Waals surface area contributed by atoms with Gasteiger partial charge in [-0.2, -0.15) is 0 Å². The second-order valence-electron chi connectivity index (χ2n) is 11.4. The molecule has 1 saturated heterocycles. The van der Waals surface area contributed by atoms with Gasteiger partial charge < -0.3 is 41.7 Å². The topological polar surface area (TPSA) is 155 Å². The first-order chi connectivity index (χ1) is 20.2. The number of amides is 3. The van der Waals surface area contributed by atoms with Gasteiger partial charge in [0.1, 0.15) is 23.6 Å². The maximum Gasteiger partial charge on any atom is 0.243 e. The molecule has 2 aromatic rings. The number of likely N-dealkylation sites (tertiary alicyclic amines) is 1. The quantitative estimate of drug-likeness (QED) is 0.235. The Bertz CT molecular complexity index is 1260. The summed E-state index contributed by atoms with van der Waals surface area (Å²) in [5.41, 5.74) is 2.63. The van der Waals surface area contributed by atoms with Crippen LogP contribution in [-0.2, 0) is 27.2 Å². The fourth-order valence-electron chi connectivity index (χ4n) is 5.58. The van der Waals surface area contributed by atoms with Crippen LogP contribution in [-0.4, -0.2) is 97.8 Å². The van der Waals surface area contributed by atoms with Crippen LogP contribution in [0, 0.1) is 0 Å². The number of piperidine rings is 1. The lowest BCUT2D eigenvalue weighted by atomic mass is 9.95. The number of benzene rings is 2. The van der Waals surface area contributed by atoms with Crippen LogP contribution in [0.2, 0.25) is 0 Å². The number of carbonyl (C=O) groups excluding carboxylic acids is 3. The lowest BCUT2D eigenvalue weighted by Gasteiger charge is -2.31. The minimum Gasteiger partial charge on any atom is -0.508 e. The van der Waals surface area contributed by atoms with Crippen molar-refractivity contribution >= 4 is 17.7 Å². The summed E-state index contributed by atoms with van der Waals surface area (Å²) in [5.74, 6) is -1.10. The molecule has 1 fully saturated rings. The third-order valence-electron chi connectivity index (χ3n) is 8.26. The standard InChI is InChI=1S/C31H44N6O5/c1-32-12-4-5-24-29(40)36-26(31(42)34-23-10-13-37(3)14-11-23)18-22-16-20(7-9-28(22)39)19-6-8-27(38)21(15-19)17-25(33-2)30(41)35-24/h6-9,15-16,23-26,32-33,38-39H,4-5,10-14,17-18H2,1-3H3,(H,34,42)(H,35,41)(H,36,40)/t24-,25-,26-/m0/s1. The number of nitrogens with one attached hydrogen (secondary N) is 5. The van der Waals surface area contributed by atoms with Crippen LogP contribution in [0.5, 0.6) is 11.5 Å². The van der Waals surface area contributed by atoms with Crippen LogP contribution < -0.4 is 26.6 Å². The van der Waals surface area contributed by atoms with Crippen LogP contribution in [0.25, 0.3) is 11.1 Å². The Balaban J connectivity index is 1.72. The molecule has 0 radical (unpaired) electrons. The van der Waals surface area contributed by atoms with Crippen molar-refractivity contribution in [1.29, 1.82) is 0 Å². The van der Waals surface area contributed by atoms with Gasteiger partial charge in [-0.3, -0.25) is 14.4 Å². The van der Waals surface area contributed by atoms with E-state index in [4.69, 9.17) is 0 Å². The number of hydrogen-bond donors (Lipinski definition) is 7. The number of carbonyl (C=O) groups is 3. The summed E-state index contributed by atoms with van der Waals surface area (Å²) < 4.78 is 0. The molecule has 2 aromatic carbocycles. The molecule has 0 saturated carbocycles.